The number of anilines is 1. The molecule has 8 nitrogen and oxygen atoms in total. The summed E-state index contributed by atoms with van der Waals surface area (Å²) in [5.74, 6) is 0.782. The SMILES string of the molecule is Cc1ccc(N[C@@H]2CN(C(=O)c3ccc[nH]3)C[C@H]2c2cn(C)cn2)nn1. The van der Waals surface area contributed by atoms with Crippen LogP contribution in [-0.4, -0.2) is 54.7 Å². The van der Waals surface area contributed by atoms with Gasteiger partial charge in [0.05, 0.1) is 23.8 Å². The van der Waals surface area contributed by atoms with Gasteiger partial charge in [-0.15, -0.1) is 5.10 Å². The molecular formula is C18H21N7O. The summed E-state index contributed by atoms with van der Waals surface area (Å²) in [7, 11) is 1.95. The van der Waals surface area contributed by atoms with Crippen LogP contribution in [0.4, 0.5) is 5.82 Å². The molecule has 2 atom stereocenters. The molecule has 4 rings (SSSR count). The molecule has 0 spiro atoms. The number of carbonyl (C=O) groups is 1. The number of H-pyrrole nitrogens is 1. The lowest BCUT2D eigenvalue weighted by Crippen LogP contribution is -2.32. The molecule has 0 radical (unpaired) electrons. The highest BCUT2D eigenvalue weighted by molar-refractivity contribution is 5.92. The number of hydrogen-bond acceptors (Lipinski definition) is 5. The van der Waals surface area contributed by atoms with Gasteiger partial charge in [-0.3, -0.25) is 4.79 Å². The molecule has 3 aromatic rings. The van der Waals surface area contributed by atoms with Gasteiger partial charge >= 0.3 is 0 Å². The molecule has 0 aliphatic carbocycles. The van der Waals surface area contributed by atoms with E-state index < -0.39 is 0 Å². The molecule has 134 valence electrons. The molecule has 1 aliphatic heterocycles. The zero-order valence-electron chi connectivity index (χ0n) is 14.8. The predicted octanol–water partition coefficient (Wildman–Crippen LogP) is 1.57. The highest BCUT2D eigenvalue weighted by Crippen LogP contribution is 2.29. The minimum atomic E-state index is -0.00442. The number of rotatable bonds is 4. The summed E-state index contributed by atoms with van der Waals surface area (Å²) in [6.07, 6.45) is 5.55. The summed E-state index contributed by atoms with van der Waals surface area (Å²) in [5, 5.41) is 11.7. The van der Waals surface area contributed by atoms with Crippen LogP contribution in [0.2, 0.25) is 0 Å². The van der Waals surface area contributed by atoms with Crippen LogP contribution in [0, 0.1) is 6.92 Å². The van der Waals surface area contributed by atoms with E-state index in [0.29, 0.717) is 24.6 Å². The number of aromatic nitrogens is 5. The Hall–Kier alpha value is -3.16. The van der Waals surface area contributed by atoms with Crippen LogP contribution >= 0.6 is 0 Å². The summed E-state index contributed by atoms with van der Waals surface area (Å²) >= 11 is 0. The highest BCUT2D eigenvalue weighted by Gasteiger charge is 2.38. The fraction of sp³-hybridized carbons (Fsp3) is 0.333. The smallest absolute Gasteiger partial charge is 0.270 e. The maximum Gasteiger partial charge on any atom is 0.270 e. The van der Waals surface area contributed by atoms with Gasteiger partial charge in [-0.1, -0.05) is 0 Å². The van der Waals surface area contributed by atoms with Gasteiger partial charge in [-0.05, 0) is 31.2 Å². The quantitative estimate of drug-likeness (QED) is 0.744. The van der Waals surface area contributed by atoms with Gasteiger partial charge in [-0.2, -0.15) is 5.10 Å². The van der Waals surface area contributed by atoms with Crippen molar-refractivity contribution in [2.45, 2.75) is 18.9 Å². The number of carbonyl (C=O) groups excluding carboxylic acids is 1. The van der Waals surface area contributed by atoms with Crippen molar-refractivity contribution in [1.29, 1.82) is 0 Å². The molecule has 1 amide bonds. The molecule has 3 aromatic heterocycles. The van der Waals surface area contributed by atoms with Crippen LogP contribution in [0.5, 0.6) is 0 Å². The third kappa shape index (κ3) is 3.17. The Bertz CT molecular complexity index is 885. The van der Waals surface area contributed by atoms with Gasteiger partial charge in [0.25, 0.3) is 5.91 Å². The first-order valence-electron chi connectivity index (χ1n) is 8.57. The minimum absolute atomic E-state index is 0.00442. The number of nitrogens with zero attached hydrogens (tertiary/aromatic N) is 5. The topological polar surface area (TPSA) is 91.7 Å². The van der Waals surface area contributed by atoms with Crippen LogP contribution in [0.25, 0.3) is 0 Å². The fourth-order valence-electron chi connectivity index (χ4n) is 3.34. The van der Waals surface area contributed by atoms with E-state index in [0.717, 1.165) is 11.4 Å². The Labute approximate surface area is 151 Å². The average molecular weight is 351 g/mol. The summed E-state index contributed by atoms with van der Waals surface area (Å²) in [6.45, 7) is 3.08. The molecule has 2 N–H and O–H groups in total. The predicted molar refractivity (Wildman–Crippen MR) is 96.8 cm³/mol. The third-order valence-electron chi connectivity index (χ3n) is 4.67. The Morgan fingerprint density at radius 3 is 2.81 bits per heavy atom. The molecule has 0 bridgehead atoms. The summed E-state index contributed by atoms with van der Waals surface area (Å²) in [5.41, 5.74) is 2.43. The van der Waals surface area contributed by atoms with Gasteiger partial charge in [0.1, 0.15) is 11.5 Å². The molecule has 0 saturated carbocycles. The third-order valence-corrected chi connectivity index (χ3v) is 4.67. The molecule has 26 heavy (non-hydrogen) atoms. The van der Waals surface area contributed by atoms with Crippen molar-refractivity contribution in [3.05, 3.63) is 60.1 Å². The second-order valence-corrected chi connectivity index (χ2v) is 6.68. The second kappa shape index (κ2) is 6.62. The van der Waals surface area contributed by atoms with Crippen LogP contribution in [0.15, 0.2) is 43.0 Å². The second-order valence-electron chi connectivity index (χ2n) is 6.68. The van der Waals surface area contributed by atoms with Crippen molar-refractivity contribution in [1.82, 2.24) is 29.6 Å². The molecule has 4 heterocycles. The summed E-state index contributed by atoms with van der Waals surface area (Å²) < 4.78 is 1.92. The number of hydrogen-bond donors (Lipinski definition) is 2. The van der Waals surface area contributed by atoms with Gasteiger partial charge in [-0.25, -0.2) is 4.98 Å². The number of imidazole rings is 1. The molecule has 0 aromatic carbocycles. The Balaban J connectivity index is 1.58. The van der Waals surface area contributed by atoms with Crippen LogP contribution in [0.3, 0.4) is 0 Å². The zero-order chi connectivity index (χ0) is 18.1. The van der Waals surface area contributed by atoms with E-state index in [2.05, 4.69) is 25.5 Å². The average Bonchev–Trinajstić information content (AvgIpc) is 3.37. The van der Waals surface area contributed by atoms with E-state index in [9.17, 15) is 4.79 Å². The van der Waals surface area contributed by atoms with Crippen LogP contribution < -0.4 is 5.32 Å². The van der Waals surface area contributed by atoms with Crippen molar-refractivity contribution in [3.8, 4) is 0 Å². The Morgan fingerprint density at radius 2 is 2.15 bits per heavy atom. The molecule has 8 heteroatoms. The van der Waals surface area contributed by atoms with Crippen molar-refractivity contribution in [3.63, 3.8) is 0 Å². The molecule has 0 unspecified atom stereocenters. The fourth-order valence-corrected chi connectivity index (χ4v) is 3.34. The van der Waals surface area contributed by atoms with Gasteiger partial charge in [0.15, 0.2) is 0 Å². The zero-order valence-corrected chi connectivity index (χ0v) is 14.8. The first kappa shape index (κ1) is 16.3. The summed E-state index contributed by atoms with van der Waals surface area (Å²) in [4.78, 5) is 22.1. The van der Waals surface area contributed by atoms with Gasteiger partial charge in [0.2, 0.25) is 0 Å². The van der Waals surface area contributed by atoms with E-state index in [1.807, 2.05) is 47.8 Å². The number of nitrogens with one attached hydrogen (secondary N) is 2. The van der Waals surface area contributed by atoms with Crippen LogP contribution in [-0.2, 0) is 7.05 Å². The first-order valence-corrected chi connectivity index (χ1v) is 8.57. The number of amides is 1. The normalized spacial score (nSPS) is 19.7. The number of aryl methyl sites for hydroxylation is 2. The lowest BCUT2D eigenvalue weighted by Gasteiger charge is -2.18. The molecule has 1 saturated heterocycles. The largest absolute Gasteiger partial charge is 0.363 e. The van der Waals surface area contributed by atoms with Crippen molar-refractivity contribution in [2.75, 3.05) is 18.4 Å². The van der Waals surface area contributed by atoms with Crippen LogP contribution in [0.1, 0.15) is 27.8 Å². The molecule has 1 fully saturated rings. The molecule has 1 aliphatic rings. The lowest BCUT2D eigenvalue weighted by atomic mass is 10.0. The van der Waals surface area contributed by atoms with Gasteiger partial charge in [0, 0.05) is 38.4 Å². The lowest BCUT2D eigenvalue weighted by molar-refractivity contribution is 0.0784. The van der Waals surface area contributed by atoms with E-state index in [-0.39, 0.29) is 17.9 Å². The van der Waals surface area contributed by atoms with E-state index >= 15 is 0 Å². The maximum absolute atomic E-state index is 12.7. The summed E-state index contributed by atoms with van der Waals surface area (Å²) in [6, 6.07) is 7.47. The Kier molecular flexibility index (Phi) is 4.16. The van der Waals surface area contributed by atoms with Crippen molar-refractivity contribution < 1.29 is 4.79 Å². The Morgan fingerprint density at radius 1 is 1.27 bits per heavy atom. The number of likely N-dealkylation sites (tertiary alicyclic amines) is 1. The number of aromatic amines is 1. The van der Waals surface area contributed by atoms with E-state index in [1.54, 1.807) is 18.6 Å². The van der Waals surface area contributed by atoms with Gasteiger partial charge < -0.3 is 19.8 Å². The standard InChI is InChI=1S/C18H21N7O/c1-12-5-6-17(23-22-12)21-16-10-25(18(26)14-4-3-7-19-14)8-13(16)15-9-24(2)11-20-15/h3-7,9,11,13,16,19H,8,10H2,1-2H3,(H,21,23)/t13-,16+/m0/s1. The monoisotopic (exact) mass is 351 g/mol. The molecular weight excluding hydrogens is 330 g/mol. The minimum Gasteiger partial charge on any atom is -0.363 e. The van der Waals surface area contributed by atoms with E-state index in [4.69, 9.17) is 0 Å². The van der Waals surface area contributed by atoms with Crippen molar-refractivity contribution in [2.24, 2.45) is 7.05 Å². The van der Waals surface area contributed by atoms with Crippen molar-refractivity contribution >= 4 is 11.7 Å². The first-order chi connectivity index (χ1) is 12.6. The highest BCUT2D eigenvalue weighted by atomic mass is 16.2. The van der Waals surface area contributed by atoms with E-state index in [1.165, 1.54) is 0 Å². The maximum atomic E-state index is 12.7.